The van der Waals surface area contributed by atoms with Gasteiger partial charge in [0, 0.05) is 11.4 Å². The molecule has 0 unspecified atom stereocenters. The molecule has 268 valence electrons. The first kappa shape index (κ1) is 48.0. The zero-order valence-electron chi connectivity index (χ0n) is 31.2. The van der Waals surface area contributed by atoms with Crippen LogP contribution < -0.4 is 112 Å². The fourth-order valence-corrected chi connectivity index (χ4v) is 4.79. The van der Waals surface area contributed by atoms with Crippen LogP contribution in [0.2, 0.25) is 0 Å². The number of rotatable bonds is 12. The third-order valence-corrected chi connectivity index (χ3v) is 7.37. The van der Waals surface area contributed by atoms with Crippen molar-refractivity contribution < 1.29 is 115 Å². The Kier molecular flexibility index (Phi) is 16.8. The minimum absolute atomic E-state index is 0. The number of aromatic carboxylic acids is 4. The summed E-state index contributed by atoms with van der Waals surface area (Å²) in [5.74, 6) is -6.78. The fraction of sp³-hybridized carbons (Fsp3) is 0.0303. The molecule has 0 fully saturated rings. The minimum Gasteiger partial charge on any atom is -0.545 e. The van der Waals surface area contributed by atoms with E-state index in [0.717, 1.165) is 33.8 Å². The number of hydrogen-bond donors (Lipinski definition) is 3. The standard InChI is InChI=1S/C33H23N13O8.4Li/c1-15-24(42-43-26-20(13-34)14-36-45(26)23-11-18(29(51)52)10-19(12-23)30(53)54)25(35)46(44-15)33-40-31(37-21-6-2-16(3-7-21)27(47)48)39-32(41-33)38-22-8-4-17(5-9-22)28(49)50;;;;/h2-12,14H,35H2,1H3,(H,47,48)(H,49,50)(H,51,52)(H,53,54)(H2,37,38,39,40,41);;;;/q;4*+1/p-4. The summed E-state index contributed by atoms with van der Waals surface area (Å²) in [5.41, 5.74) is 5.99. The molecule has 0 bridgehead atoms. The molecule has 3 aromatic heterocycles. The first-order chi connectivity index (χ1) is 25.8. The quantitative estimate of drug-likeness (QED) is 0.0771. The number of aromatic nitrogens is 7. The number of azo groups is 1. The topological polar surface area (TPSA) is 333 Å². The Hall–Kier alpha value is -6.15. The summed E-state index contributed by atoms with van der Waals surface area (Å²) >= 11 is 0. The van der Waals surface area contributed by atoms with Crippen molar-refractivity contribution in [3.8, 4) is 17.7 Å². The van der Waals surface area contributed by atoms with Crippen LogP contribution in [0.1, 0.15) is 52.7 Å². The van der Waals surface area contributed by atoms with Crippen LogP contribution in [-0.4, -0.2) is 58.4 Å². The first-order valence-corrected chi connectivity index (χ1v) is 15.1. The summed E-state index contributed by atoms with van der Waals surface area (Å²) < 4.78 is 2.08. The van der Waals surface area contributed by atoms with Gasteiger partial charge in [-0.3, -0.25) is 0 Å². The van der Waals surface area contributed by atoms with Crippen molar-refractivity contribution in [3.05, 3.63) is 106 Å². The number of nitriles is 1. The van der Waals surface area contributed by atoms with Crippen LogP contribution in [0, 0.1) is 18.3 Å². The molecule has 0 saturated carbocycles. The molecular weight excluding hydrogens is 734 g/mol. The van der Waals surface area contributed by atoms with Gasteiger partial charge in [-0.15, -0.1) is 10.2 Å². The Balaban J connectivity index is 0.00000290. The molecule has 0 amide bonds. The van der Waals surface area contributed by atoms with Crippen LogP contribution in [0.3, 0.4) is 0 Å². The Bertz CT molecular complexity index is 2470. The van der Waals surface area contributed by atoms with Gasteiger partial charge in [0.1, 0.15) is 11.6 Å². The number of nitrogens with zero attached hydrogens (tertiary/aromatic N) is 10. The zero-order chi connectivity index (χ0) is 38.7. The van der Waals surface area contributed by atoms with E-state index in [9.17, 15) is 44.9 Å². The van der Waals surface area contributed by atoms with Gasteiger partial charge in [-0.25, -0.2) is 4.68 Å². The van der Waals surface area contributed by atoms with Gasteiger partial charge in [0.05, 0.1) is 41.5 Å². The van der Waals surface area contributed by atoms with Crippen LogP contribution >= 0.6 is 0 Å². The van der Waals surface area contributed by atoms with E-state index in [-0.39, 0.29) is 139 Å². The molecular formula is C33H19Li4N13O8. The van der Waals surface area contributed by atoms with Gasteiger partial charge >= 0.3 is 75.4 Å². The maximum absolute atomic E-state index is 11.6. The minimum atomic E-state index is -1.68. The average Bonchev–Trinajstić information content (AvgIpc) is 3.69. The molecule has 58 heavy (non-hydrogen) atoms. The van der Waals surface area contributed by atoms with E-state index in [4.69, 9.17) is 5.73 Å². The maximum atomic E-state index is 11.6. The van der Waals surface area contributed by atoms with Crippen LogP contribution in [0.4, 0.5) is 40.6 Å². The molecule has 0 aliphatic carbocycles. The number of carbonyl (C=O) groups excluding carboxylic acids is 4. The van der Waals surface area contributed by atoms with Crippen molar-refractivity contribution in [2.45, 2.75) is 6.92 Å². The molecule has 6 rings (SSSR count). The van der Waals surface area contributed by atoms with Crippen molar-refractivity contribution in [3.63, 3.8) is 0 Å². The maximum Gasteiger partial charge on any atom is 1.00 e. The number of carboxylic acid groups (broad SMARTS) is 4. The number of nitrogen functional groups attached to an aromatic ring is 1. The number of hydrogen-bond acceptors (Lipinski definition) is 19. The van der Waals surface area contributed by atoms with Gasteiger partial charge in [-0.2, -0.15) is 35.1 Å². The molecule has 0 spiro atoms. The van der Waals surface area contributed by atoms with Crippen LogP contribution in [0.15, 0.2) is 83.2 Å². The van der Waals surface area contributed by atoms with Gasteiger partial charge in [0.2, 0.25) is 11.9 Å². The van der Waals surface area contributed by atoms with Crippen molar-refractivity contribution >= 4 is 64.5 Å². The molecule has 0 radical (unpaired) electrons. The Labute approximate surface area is 374 Å². The van der Waals surface area contributed by atoms with E-state index < -0.39 is 35.0 Å². The number of nitrogens with two attached hydrogens (primary N) is 1. The number of benzene rings is 3. The summed E-state index contributed by atoms with van der Waals surface area (Å²) in [6, 6.07) is 15.8. The number of aryl methyl sites for hydroxylation is 1. The van der Waals surface area contributed by atoms with E-state index in [0.29, 0.717) is 11.4 Å². The fourth-order valence-electron chi connectivity index (χ4n) is 4.79. The molecule has 3 aromatic carbocycles. The van der Waals surface area contributed by atoms with E-state index in [1.54, 1.807) is 0 Å². The largest absolute Gasteiger partial charge is 1.00 e. The van der Waals surface area contributed by atoms with E-state index in [1.807, 2.05) is 6.07 Å². The second-order valence-electron chi connectivity index (χ2n) is 10.9. The monoisotopic (exact) mass is 753 g/mol. The van der Waals surface area contributed by atoms with Gasteiger partial charge in [-0.05, 0) is 71.6 Å². The number of carbonyl (C=O) groups is 4. The third kappa shape index (κ3) is 10.6. The van der Waals surface area contributed by atoms with Crippen LogP contribution in [0.5, 0.6) is 0 Å². The van der Waals surface area contributed by atoms with E-state index >= 15 is 0 Å². The molecule has 6 aromatic rings. The SMILES string of the molecule is Cc1nn(-c2nc(Nc3ccc(C(=O)[O-])cc3)nc(Nc3ccc(C(=O)[O-])cc3)n2)c(N)c1N=Nc1c(C#N)cnn1-c1cc(C(=O)[O-])cc(C(=O)[O-])c1.[Li+].[Li+].[Li+].[Li+]. The van der Waals surface area contributed by atoms with Crippen LogP contribution in [-0.2, 0) is 0 Å². The molecule has 0 aliphatic heterocycles. The van der Waals surface area contributed by atoms with Crippen molar-refractivity contribution in [1.29, 1.82) is 5.26 Å². The summed E-state index contributed by atoms with van der Waals surface area (Å²) in [6.07, 6.45) is 1.10. The van der Waals surface area contributed by atoms with Crippen LogP contribution in [0.25, 0.3) is 11.6 Å². The smallest absolute Gasteiger partial charge is 0.545 e. The summed E-state index contributed by atoms with van der Waals surface area (Å²) in [4.78, 5) is 58.6. The normalized spacial score (nSPS) is 10.1. The van der Waals surface area contributed by atoms with Gasteiger partial charge in [-0.1, -0.05) is 24.3 Å². The first-order valence-electron chi connectivity index (χ1n) is 15.1. The predicted octanol–water partition coefficient (Wildman–Crippen LogP) is -12.6. The molecule has 0 saturated heterocycles. The van der Waals surface area contributed by atoms with Crippen molar-refractivity contribution in [2.24, 2.45) is 10.2 Å². The molecule has 0 atom stereocenters. The van der Waals surface area contributed by atoms with Gasteiger partial charge in [0.15, 0.2) is 17.3 Å². The predicted molar refractivity (Wildman–Crippen MR) is 175 cm³/mol. The van der Waals surface area contributed by atoms with Gasteiger partial charge < -0.3 is 56.0 Å². The summed E-state index contributed by atoms with van der Waals surface area (Å²) in [6.45, 7) is 1.52. The number of carboxylic acids is 4. The molecule has 4 N–H and O–H groups in total. The number of nitrogens with one attached hydrogen (secondary N) is 2. The Morgan fingerprint density at radius 1 is 0.690 bits per heavy atom. The molecule has 3 heterocycles. The average molecular weight is 753 g/mol. The Morgan fingerprint density at radius 2 is 1.16 bits per heavy atom. The van der Waals surface area contributed by atoms with E-state index in [2.05, 4.69) is 46.0 Å². The second kappa shape index (κ2) is 20.3. The molecule has 25 heteroatoms. The summed E-state index contributed by atoms with van der Waals surface area (Å²) in [5, 5.41) is 77.8. The number of anilines is 5. The van der Waals surface area contributed by atoms with E-state index in [1.165, 1.54) is 55.5 Å². The Morgan fingerprint density at radius 3 is 1.59 bits per heavy atom. The zero-order valence-corrected chi connectivity index (χ0v) is 31.2. The van der Waals surface area contributed by atoms with Gasteiger partial charge in [0.25, 0.3) is 5.95 Å². The second-order valence-corrected chi connectivity index (χ2v) is 10.9. The summed E-state index contributed by atoms with van der Waals surface area (Å²) in [7, 11) is 0. The third-order valence-electron chi connectivity index (χ3n) is 7.37. The van der Waals surface area contributed by atoms with Crippen molar-refractivity contribution in [1.82, 2.24) is 34.5 Å². The molecule has 21 nitrogen and oxygen atoms in total. The molecule has 0 aliphatic rings. The van der Waals surface area contributed by atoms with Crippen molar-refractivity contribution in [2.75, 3.05) is 16.4 Å².